The molecule has 10 heteroatoms. The number of aromatic amines is 1. The Kier molecular flexibility index (Phi) is 5.45. The molecule has 3 rings (SSSR count). The maximum atomic E-state index is 13.7. The van der Waals surface area contributed by atoms with Gasteiger partial charge in [0.2, 0.25) is 11.1 Å². The van der Waals surface area contributed by atoms with Gasteiger partial charge in [0, 0.05) is 5.69 Å². The van der Waals surface area contributed by atoms with Crippen LogP contribution in [0.1, 0.15) is 5.56 Å². The Hall–Kier alpha value is -2.88. The van der Waals surface area contributed by atoms with E-state index in [0.717, 1.165) is 23.9 Å². The van der Waals surface area contributed by atoms with Crippen molar-refractivity contribution in [3.63, 3.8) is 0 Å². The quantitative estimate of drug-likeness (QED) is 0.497. The molecule has 0 saturated heterocycles. The highest BCUT2D eigenvalue weighted by molar-refractivity contribution is 7.99. The smallest absolute Gasteiger partial charge is 0.325 e. The van der Waals surface area contributed by atoms with Gasteiger partial charge in [-0.3, -0.25) is 9.89 Å². The predicted molar refractivity (Wildman–Crippen MR) is 92.6 cm³/mol. The zero-order valence-corrected chi connectivity index (χ0v) is 14.4. The minimum atomic E-state index is -4.43. The van der Waals surface area contributed by atoms with Gasteiger partial charge in [0.1, 0.15) is 5.82 Å². The summed E-state index contributed by atoms with van der Waals surface area (Å²) in [6.07, 6.45) is -4.43. The maximum absolute atomic E-state index is 13.7. The van der Waals surface area contributed by atoms with Gasteiger partial charge >= 0.3 is 6.18 Å². The molecule has 2 N–H and O–H groups in total. The molecular weight excluding hydrogens is 384 g/mol. The number of rotatable bonds is 5. The molecule has 140 valence electrons. The maximum Gasteiger partial charge on any atom is 0.416 e. The minimum Gasteiger partial charge on any atom is -0.325 e. The fraction of sp³-hybridized carbons (Fsp3) is 0.118. The van der Waals surface area contributed by atoms with Crippen LogP contribution in [0.4, 0.5) is 23.2 Å². The summed E-state index contributed by atoms with van der Waals surface area (Å²) < 4.78 is 51.2. The summed E-state index contributed by atoms with van der Waals surface area (Å²) >= 11 is 1.01. The predicted octanol–water partition coefficient (Wildman–Crippen LogP) is 4.36. The van der Waals surface area contributed by atoms with Gasteiger partial charge in [-0.05, 0) is 36.4 Å². The van der Waals surface area contributed by atoms with Gasteiger partial charge in [0.15, 0.2) is 5.82 Å². The first-order valence-corrected chi connectivity index (χ1v) is 8.59. The molecule has 0 saturated carbocycles. The number of carbonyl (C=O) groups excluding carboxylic acids is 1. The van der Waals surface area contributed by atoms with Gasteiger partial charge in [-0.15, -0.1) is 5.10 Å². The summed E-state index contributed by atoms with van der Waals surface area (Å²) in [5, 5.41) is 9.23. The molecule has 1 amide bonds. The number of thioether (sulfide) groups is 1. The fourth-order valence-electron chi connectivity index (χ4n) is 2.15. The lowest BCUT2D eigenvalue weighted by Crippen LogP contribution is -2.14. The zero-order chi connectivity index (χ0) is 19.4. The van der Waals surface area contributed by atoms with Crippen molar-refractivity contribution >= 4 is 23.4 Å². The Morgan fingerprint density at radius 2 is 1.81 bits per heavy atom. The molecule has 1 heterocycles. The number of H-pyrrole nitrogens is 1. The third kappa shape index (κ3) is 4.85. The summed E-state index contributed by atoms with van der Waals surface area (Å²) in [6, 6.07) is 10.2. The van der Waals surface area contributed by atoms with Crippen LogP contribution in [-0.4, -0.2) is 26.8 Å². The van der Waals surface area contributed by atoms with Crippen LogP contribution in [0.15, 0.2) is 53.7 Å². The SMILES string of the molecule is O=C(CSc1n[nH]c(-c2ccccc2F)n1)Nc1ccc(C(F)(F)F)cc1. The van der Waals surface area contributed by atoms with Gasteiger partial charge in [-0.25, -0.2) is 9.37 Å². The largest absolute Gasteiger partial charge is 0.416 e. The number of halogens is 4. The number of alkyl halides is 3. The number of benzene rings is 2. The Morgan fingerprint density at radius 1 is 1.11 bits per heavy atom. The molecule has 0 aliphatic carbocycles. The first-order valence-electron chi connectivity index (χ1n) is 7.60. The summed E-state index contributed by atoms with van der Waals surface area (Å²) in [7, 11) is 0. The van der Waals surface area contributed by atoms with Crippen LogP contribution in [0, 0.1) is 5.82 Å². The van der Waals surface area contributed by atoms with Gasteiger partial charge < -0.3 is 5.32 Å². The highest BCUT2D eigenvalue weighted by Gasteiger charge is 2.29. The van der Waals surface area contributed by atoms with E-state index >= 15 is 0 Å². The molecule has 1 aromatic heterocycles. The molecule has 0 aliphatic heterocycles. The van der Waals surface area contributed by atoms with E-state index in [0.29, 0.717) is 0 Å². The number of hydrogen-bond acceptors (Lipinski definition) is 4. The van der Waals surface area contributed by atoms with E-state index in [9.17, 15) is 22.4 Å². The van der Waals surface area contributed by atoms with Gasteiger partial charge in [-0.2, -0.15) is 13.2 Å². The molecule has 0 fully saturated rings. The zero-order valence-electron chi connectivity index (χ0n) is 13.5. The van der Waals surface area contributed by atoms with Crippen molar-refractivity contribution in [3.05, 3.63) is 59.9 Å². The molecule has 0 unspecified atom stereocenters. The Morgan fingerprint density at radius 3 is 2.48 bits per heavy atom. The molecule has 0 bridgehead atoms. The molecule has 5 nitrogen and oxygen atoms in total. The fourth-order valence-corrected chi connectivity index (χ4v) is 2.75. The van der Waals surface area contributed by atoms with E-state index in [1.807, 2.05) is 0 Å². The molecule has 0 spiro atoms. The molecular formula is C17H12F4N4OS. The number of nitrogens with one attached hydrogen (secondary N) is 2. The highest BCUT2D eigenvalue weighted by Crippen LogP contribution is 2.30. The van der Waals surface area contributed by atoms with Crippen molar-refractivity contribution in [2.75, 3.05) is 11.1 Å². The van der Waals surface area contributed by atoms with Crippen LogP contribution < -0.4 is 5.32 Å². The number of aromatic nitrogens is 3. The summed E-state index contributed by atoms with van der Waals surface area (Å²) in [5.41, 5.74) is -0.294. The molecule has 3 aromatic rings. The topological polar surface area (TPSA) is 70.7 Å². The van der Waals surface area contributed by atoms with Crippen LogP contribution in [0.25, 0.3) is 11.4 Å². The lowest BCUT2D eigenvalue weighted by molar-refractivity contribution is -0.137. The van der Waals surface area contributed by atoms with Crippen molar-refractivity contribution in [1.82, 2.24) is 15.2 Å². The number of nitrogens with zero attached hydrogens (tertiary/aromatic N) is 2. The van der Waals surface area contributed by atoms with Crippen LogP contribution in [0.3, 0.4) is 0 Å². The van der Waals surface area contributed by atoms with Gasteiger partial charge in [-0.1, -0.05) is 23.9 Å². The second kappa shape index (κ2) is 7.78. The van der Waals surface area contributed by atoms with E-state index in [1.54, 1.807) is 18.2 Å². The van der Waals surface area contributed by atoms with Gasteiger partial charge in [0.25, 0.3) is 0 Å². The molecule has 2 aromatic carbocycles. The van der Waals surface area contributed by atoms with E-state index in [4.69, 9.17) is 0 Å². The summed E-state index contributed by atoms with van der Waals surface area (Å²) in [4.78, 5) is 16.0. The molecule has 27 heavy (non-hydrogen) atoms. The first-order chi connectivity index (χ1) is 12.8. The third-order valence-electron chi connectivity index (χ3n) is 3.42. The van der Waals surface area contributed by atoms with E-state index in [2.05, 4.69) is 20.5 Å². The Balaban J connectivity index is 1.56. The second-order valence-electron chi connectivity index (χ2n) is 5.36. The van der Waals surface area contributed by atoms with Gasteiger partial charge in [0.05, 0.1) is 16.9 Å². The van der Waals surface area contributed by atoms with Crippen molar-refractivity contribution in [2.24, 2.45) is 0 Å². The first kappa shape index (κ1) is 18.9. The van der Waals surface area contributed by atoms with Crippen LogP contribution in [0.2, 0.25) is 0 Å². The highest BCUT2D eigenvalue weighted by atomic mass is 32.2. The van der Waals surface area contributed by atoms with Crippen LogP contribution in [0.5, 0.6) is 0 Å². The Labute approximate surface area is 155 Å². The average Bonchev–Trinajstić information content (AvgIpc) is 3.09. The number of carbonyl (C=O) groups is 1. The summed E-state index contributed by atoms with van der Waals surface area (Å²) in [6.45, 7) is 0. The average molecular weight is 396 g/mol. The Bertz CT molecular complexity index is 941. The monoisotopic (exact) mass is 396 g/mol. The van der Waals surface area contributed by atoms with Crippen molar-refractivity contribution in [3.8, 4) is 11.4 Å². The minimum absolute atomic E-state index is 0.0599. The standard InChI is InChI=1S/C17H12F4N4OS/c18-13-4-2-1-3-12(13)15-23-16(25-24-15)27-9-14(26)22-11-7-5-10(6-8-11)17(19,20)21/h1-8H,9H2,(H,22,26)(H,23,24,25). The summed E-state index contributed by atoms with van der Waals surface area (Å²) in [5.74, 6) is -0.712. The normalized spacial score (nSPS) is 11.4. The van der Waals surface area contributed by atoms with Crippen LogP contribution in [-0.2, 0) is 11.0 Å². The van der Waals surface area contributed by atoms with Crippen molar-refractivity contribution in [2.45, 2.75) is 11.3 Å². The second-order valence-corrected chi connectivity index (χ2v) is 6.30. The van der Waals surface area contributed by atoms with E-state index in [-0.39, 0.29) is 28.0 Å². The molecule has 0 atom stereocenters. The number of anilines is 1. The van der Waals surface area contributed by atoms with E-state index in [1.165, 1.54) is 18.2 Å². The number of hydrogen-bond donors (Lipinski definition) is 2. The van der Waals surface area contributed by atoms with Crippen LogP contribution >= 0.6 is 11.8 Å². The van der Waals surface area contributed by atoms with Crippen molar-refractivity contribution in [1.29, 1.82) is 0 Å². The van der Waals surface area contributed by atoms with E-state index < -0.39 is 23.5 Å². The molecule has 0 aliphatic rings. The lowest BCUT2D eigenvalue weighted by atomic mass is 10.2. The lowest BCUT2D eigenvalue weighted by Gasteiger charge is -2.08. The molecule has 0 radical (unpaired) electrons. The number of amides is 1. The third-order valence-corrected chi connectivity index (χ3v) is 4.27. The van der Waals surface area contributed by atoms with Crippen molar-refractivity contribution < 1.29 is 22.4 Å².